The van der Waals surface area contributed by atoms with Crippen molar-refractivity contribution in [1.82, 2.24) is 9.13 Å². The lowest BCUT2D eigenvalue weighted by Gasteiger charge is -2.18. The molecule has 0 unspecified atom stereocenters. The minimum absolute atomic E-state index is 0.543. The number of benzene rings is 7. The SMILES string of the molecule is [C-]#[N+]c1ccc2c3cc(C#N)ccc3n(-c3ccccc3-c3ccccc3-c3ccc(-n4c5ccccc5c5ccccc54)cc3C#N)c2c1. The molecule has 50 heavy (non-hydrogen) atoms. The van der Waals surface area contributed by atoms with Crippen molar-refractivity contribution in [2.75, 3.05) is 0 Å². The van der Waals surface area contributed by atoms with E-state index in [-0.39, 0.29) is 0 Å². The Morgan fingerprint density at radius 1 is 0.460 bits per heavy atom. The van der Waals surface area contributed by atoms with E-state index < -0.39 is 0 Å². The van der Waals surface area contributed by atoms with Crippen LogP contribution >= 0.6 is 0 Å². The number of hydrogen-bond acceptors (Lipinski definition) is 2. The quantitative estimate of drug-likeness (QED) is 0.181. The van der Waals surface area contributed by atoms with Gasteiger partial charge in [0.25, 0.3) is 0 Å². The molecule has 0 amide bonds. The summed E-state index contributed by atoms with van der Waals surface area (Å²) in [6.07, 6.45) is 0. The molecule has 0 N–H and O–H groups in total. The molecular formula is C45H25N5. The van der Waals surface area contributed by atoms with Gasteiger partial charge in [0.15, 0.2) is 5.69 Å². The highest BCUT2D eigenvalue weighted by Crippen LogP contribution is 2.42. The molecule has 5 nitrogen and oxygen atoms in total. The van der Waals surface area contributed by atoms with Crippen molar-refractivity contribution in [2.45, 2.75) is 0 Å². The topological polar surface area (TPSA) is 61.8 Å². The Kier molecular flexibility index (Phi) is 6.56. The maximum atomic E-state index is 10.6. The molecule has 5 heteroatoms. The molecule has 0 saturated heterocycles. The van der Waals surface area contributed by atoms with Crippen LogP contribution in [0.2, 0.25) is 0 Å². The minimum Gasteiger partial charge on any atom is -0.310 e. The van der Waals surface area contributed by atoms with Gasteiger partial charge in [-0.3, -0.25) is 0 Å². The minimum atomic E-state index is 0.543. The van der Waals surface area contributed by atoms with E-state index in [0.29, 0.717) is 16.8 Å². The van der Waals surface area contributed by atoms with Gasteiger partial charge in [0.2, 0.25) is 0 Å². The van der Waals surface area contributed by atoms with E-state index in [1.165, 1.54) is 10.8 Å². The maximum absolute atomic E-state index is 10.6. The first-order valence-electron chi connectivity index (χ1n) is 16.3. The smallest absolute Gasteiger partial charge is 0.189 e. The van der Waals surface area contributed by atoms with Crippen LogP contribution in [0.25, 0.3) is 82.1 Å². The van der Waals surface area contributed by atoms with E-state index in [9.17, 15) is 10.5 Å². The lowest BCUT2D eigenvalue weighted by atomic mass is 9.91. The summed E-state index contributed by atoms with van der Waals surface area (Å²) < 4.78 is 4.41. The van der Waals surface area contributed by atoms with Gasteiger partial charge < -0.3 is 9.13 Å². The Morgan fingerprint density at radius 2 is 1.08 bits per heavy atom. The first-order chi connectivity index (χ1) is 24.7. The van der Waals surface area contributed by atoms with Crippen LogP contribution in [0, 0.1) is 29.2 Å². The molecule has 0 radical (unpaired) electrons. The second kappa shape index (κ2) is 11.4. The van der Waals surface area contributed by atoms with Gasteiger partial charge in [0.05, 0.1) is 52.1 Å². The van der Waals surface area contributed by atoms with E-state index in [4.69, 9.17) is 6.57 Å². The molecule has 0 atom stereocenters. The summed E-state index contributed by atoms with van der Waals surface area (Å²) >= 11 is 0. The molecule has 0 aliphatic heterocycles. The molecule has 9 aromatic rings. The fourth-order valence-corrected chi connectivity index (χ4v) is 7.46. The third-order valence-corrected chi connectivity index (χ3v) is 9.62. The van der Waals surface area contributed by atoms with Gasteiger partial charge in [0, 0.05) is 43.9 Å². The van der Waals surface area contributed by atoms with E-state index in [2.05, 4.69) is 98.9 Å². The fraction of sp³-hybridized carbons (Fsp3) is 0. The van der Waals surface area contributed by atoms with Gasteiger partial charge in [-0.05, 0) is 65.7 Å². The summed E-state index contributed by atoms with van der Waals surface area (Å²) in [6, 6.07) is 55.6. The van der Waals surface area contributed by atoms with Crippen LogP contribution < -0.4 is 0 Å². The molecule has 0 aliphatic carbocycles. The molecule has 0 fully saturated rings. The summed E-state index contributed by atoms with van der Waals surface area (Å²) in [5.74, 6) is 0. The molecule has 0 bridgehead atoms. The first-order valence-corrected chi connectivity index (χ1v) is 16.3. The van der Waals surface area contributed by atoms with Gasteiger partial charge in [0.1, 0.15) is 0 Å². The molecule has 7 aromatic carbocycles. The number of rotatable bonds is 4. The highest BCUT2D eigenvalue weighted by atomic mass is 15.0. The Labute approximate surface area is 288 Å². The predicted octanol–water partition coefficient (Wildman–Crippen LogP) is 11.5. The molecule has 0 aliphatic rings. The highest BCUT2D eigenvalue weighted by molar-refractivity contribution is 6.11. The monoisotopic (exact) mass is 635 g/mol. The number of fused-ring (bicyclic) bond motifs is 6. The van der Waals surface area contributed by atoms with E-state index >= 15 is 0 Å². The van der Waals surface area contributed by atoms with E-state index in [1.54, 1.807) is 0 Å². The first kappa shape index (κ1) is 28.8. The van der Waals surface area contributed by atoms with Gasteiger partial charge in [-0.1, -0.05) is 97.1 Å². The van der Waals surface area contributed by atoms with E-state index in [0.717, 1.165) is 66.5 Å². The Morgan fingerprint density at radius 3 is 1.78 bits per heavy atom. The summed E-state index contributed by atoms with van der Waals surface area (Å²) in [5, 5.41) is 24.6. The molecule has 2 heterocycles. The lowest BCUT2D eigenvalue weighted by Crippen LogP contribution is -1.99. The molecule has 2 aromatic heterocycles. The Bertz CT molecular complexity index is 2920. The van der Waals surface area contributed by atoms with Gasteiger partial charge in [-0.15, -0.1) is 0 Å². The van der Waals surface area contributed by atoms with Crippen LogP contribution in [0.5, 0.6) is 0 Å². The normalized spacial score (nSPS) is 11.1. The van der Waals surface area contributed by atoms with E-state index in [1.807, 2.05) is 78.9 Å². The molecule has 9 rings (SSSR count). The molecule has 230 valence electrons. The zero-order valence-corrected chi connectivity index (χ0v) is 26.7. The van der Waals surface area contributed by atoms with Crippen LogP contribution in [-0.2, 0) is 0 Å². The summed E-state index contributed by atoms with van der Waals surface area (Å²) in [4.78, 5) is 3.72. The highest BCUT2D eigenvalue weighted by Gasteiger charge is 2.20. The standard InChI is InChI=1S/C45H25N5/c1-48-31-19-21-39-40-24-29(27-46)18-23-44(40)50(45(39)26-31)43-17-9-4-12-36(43)35-11-3-2-10-34(35)33-22-20-32(25-30(33)28-47)49-41-15-7-5-13-37(41)38-14-6-8-16-42(38)49/h2-26H. The van der Waals surface area contributed by atoms with Crippen molar-refractivity contribution >= 4 is 49.3 Å². The number of hydrogen-bond donors (Lipinski definition) is 0. The van der Waals surface area contributed by atoms with Crippen LogP contribution in [-0.4, -0.2) is 9.13 Å². The number of aromatic nitrogens is 2. The van der Waals surface area contributed by atoms with Crippen LogP contribution in [0.15, 0.2) is 152 Å². The zero-order valence-electron chi connectivity index (χ0n) is 26.7. The Hall–Kier alpha value is -7.39. The van der Waals surface area contributed by atoms with Crippen LogP contribution in [0.1, 0.15) is 11.1 Å². The van der Waals surface area contributed by atoms with Crippen molar-refractivity contribution in [1.29, 1.82) is 10.5 Å². The summed E-state index contributed by atoms with van der Waals surface area (Å²) in [5.41, 5.74) is 11.3. The number of para-hydroxylation sites is 3. The van der Waals surface area contributed by atoms with Crippen molar-refractivity contribution in [2.24, 2.45) is 0 Å². The van der Waals surface area contributed by atoms with Gasteiger partial charge in [-0.2, -0.15) is 10.5 Å². The lowest BCUT2D eigenvalue weighted by molar-refractivity contribution is 1.18. The molecule has 0 saturated carbocycles. The maximum Gasteiger partial charge on any atom is 0.189 e. The van der Waals surface area contributed by atoms with Gasteiger partial charge >= 0.3 is 0 Å². The average molecular weight is 636 g/mol. The second-order valence-corrected chi connectivity index (χ2v) is 12.3. The van der Waals surface area contributed by atoms with Crippen molar-refractivity contribution in [3.8, 4) is 45.8 Å². The Balaban J connectivity index is 1.26. The largest absolute Gasteiger partial charge is 0.310 e. The van der Waals surface area contributed by atoms with Crippen LogP contribution in [0.3, 0.4) is 0 Å². The number of nitrogens with zero attached hydrogens (tertiary/aromatic N) is 5. The second-order valence-electron chi connectivity index (χ2n) is 12.3. The fourth-order valence-electron chi connectivity index (χ4n) is 7.46. The molecular weight excluding hydrogens is 611 g/mol. The third-order valence-electron chi connectivity index (χ3n) is 9.62. The molecule has 0 spiro atoms. The number of nitriles is 2. The van der Waals surface area contributed by atoms with Crippen molar-refractivity contribution in [3.05, 3.63) is 174 Å². The zero-order chi connectivity index (χ0) is 33.8. The van der Waals surface area contributed by atoms with Crippen molar-refractivity contribution < 1.29 is 0 Å². The van der Waals surface area contributed by atoms with Gasteiger partial charge in [-0.25, -0.2) is 4.85 Å². The average Bonchev–Trinajstić information content (AvgIpc) is 3.69. The summed E-state index contributed by atoms with van der Waals surface area (Å²) in [7, 11) is 0. The third kappa shape index (κ3) is 4.31. The summed E-state index contributed by atoms with van der Waals surface area (Å²) in [6.45, 7) is 7.72. The van der Waals surface area contributed by atoms with Crippen LogP contribution in [0.4, 0.5) is 5.69 Å². The predicted molar refractivity (Wildman–Crippen MR) is 202 cm³/mol. The van der Waals surface area contributed by atoms with Crippen molar-refractivity contribution in [3.63, 3.8) is 0 Å².